The summed E-state index contributed by atoms with van der Waals surface area (Å²) < 4.78 is 5.94. The van der Waals surface area contributed by atoms with Crippen LogP contribution in [0.4, 0.5) is 5.69 Å². The Morgan fingerprint density at radius 1 is 0.943 bits per heavy atom. The van der Waals surface area contributed by atoms with Crippen LogP contribution in [0.1, 0.15) is 56.3 Å². The number of phenolic OH excluding ortho intramolecular Hbond substituents is 1. The first kappa shape index (κ1) is 24.2. The first-order valence-corrected chi connectivity index (χ1v) is 12.0. The average molecular weight is 472 g/mol. The standard InChI is InChI=1S/C29H29NO5/c1-3-26(34)25-15-19(30-14-6-4-5-7-18(2)31)8-11-22(25)29-23-12-9-20(32)16-27(23)35-28-17-21(33)10-13-24(28)29/h8-13,15-17,30,32H,3-7,14H2,1-2H3. The predicted octanol–water partition coefficient (Wildman–Crippen LogP) is 6.42. The molecule has 1 aliphatic carbocycles. The fraction of sp³-hybridized carbons (Fsp3) is 0.276. The smallest absolute Gasteiger partial charge is 0.182 e. The summed E-state index contributed by atoms with van der Waals surface area (Å²) in [5.74, 6) is 0.670. The number of Topliss-reactive ketones (excluding diaryl/α,β-unsaturated/α-hetero) is 2. The number of fused-ring (bicyclic) bond motifs is 2. The number of hydrogen-bond donors (Lipinski definition) is 2. The lowest BCUT2D eigenvalue weighted by molar-refractivity contribution is -0.117. The number of unbranched alkanes of at least 4 members (excludes halogenated alkanes) is 2. The van der Waals surface area contributed by atoms with Crippen molar-refractivity contribution >= 4 is 28.2 Å². The Hall–Kier alpha value is -3.93. The van der Waals surface area contributed by atoms with E-state index in [1.54, 1.807) is 25.1 Å². The molecule has 0 spiro atoms. The molecule has 0 saturated carbocycles. The highest BCUT2D eigenvalue weighted by molar-refractivity contribution is 6.10. The molecule has 0 bridgehead atoms. The van der Waals surface area contributed by atoms with Crippen LogP contribution in [-0.2, 0) is 4.79 Å². The molecule has 2 aliphatic rings. The zero-order chi connectivity index (χ0) is 24.9. The molecule has 6 heteroatoms. The number of ketones is 2. The van der Waals surface area contributed by atoms with E-state index >= 15 is 0 Å². The molecule has 2 aromatic rings. The van der Waals surface area contributed by atoms with E-state index in [0.717, 1.165) is 53.6 Å². The normalized spacial score (nSPS) is 11.1. The summed E-state index contributed by atoms with van der Waals surface area (Å²) in [6.45, 7) is 4.19. The molecule has 4 rings (SSSR count). The number of nitrogens with one attached hydrogen (secondary N) is 1. The monoisotopic (exact) mass is 471 g/mol. The largest absolute Gasteiger partial charge is 0.508 e. The van der Waals surface area contributed by atoms with Crippen molar-refractivity contribution in [2.45, 2.75) is 46.0 Å². The number of carbonyl (C=O) groups is 2. The van der Waals surface area contributed by atoms with Gasteiger partial charge in [0.25, 0.3) is 0 Å². The molecule has 1 heterocycles. The number of anilines is 1. The Morgan fingerprint density at radius 3 is 2.51 bits per heavy atom. The molecule has 0 saturated heterocycles. The molecular formula is C29H29NO5. The van der Waals surface area contributed by atoms with Crippen LogP contribution in [0, 0.1) is 0 Å². The van der Waals surface area contributed by atoms with E-state index in [2.05, 4.69) is 5.32 Å². The minimum Gasteiger partial charge on any atom is -0.508 e. The van der Waals surface area contributed by atoms with E-state index in [-0.39, 0.29) is 22.7 Å². The zero-order valence-electron chi connectivity index (χ0n) is 20.0. The number of aromatic hydroxyl groups is 1. The fourth-order valence-corrected chi connectivity index (χ4v) is 4.35. The third-order valence-electron chi connectivity index (χ3n) is 6.12. The number of rotatable bonds is 10. The first-order chi connectivity index (χ1) is 16.9. The van der Waals surface area contributed by atoms with Gasteiger partial charge in [0.15, 0.2) is 11.2 Å². The van der Waals surface area contributed by atoms with Crippen molar-refractivity contribution < 1.29 is 19.1 Å². The second kappa shape index (κ2) is 10.6. The van der Waals surface area contributed by atoms with E-state index in [9.17, 15) is 19.5 Å². The summed E-state index contributed by atoms with van der Waals surface area (Å²) >= 11 is 0. The third-order valence-corrected chi connectivity index (χ3v) is 6.12. The van der Waals surface area contributed by atoms with E-state index in [4.69, 9.17) is 4.42 Å². The van der Waals surface area contributed by atoms with Crippen molar-refractivity contribution in [2.24, 2.45) is 0 Å². The predicted molar refractivity (Wildman–Crippen MR) is 138 cm³/mol. The molecule has 1 aliphatic heterocycles. The number of benzene rings is 3. The maximum Gasteiger partial charge on any atom is 0.182 e. The Labute approximate surface area is 203 Å². The van der Waals surface area contributed by atoms with Crippen molar-refractivity contribution in [3.05, 3.63) is 70.4 Å². The maximum absolute atomic E-state index is 13.0. The van der Waals surface area contributed by atoms with Gasteiger partial charge in [-0.25, -0.2) is 0 Å². The van der Waals surface area contributed by atoms with Crippen LogP contribution >= 0.6 is 0 Å². The molecule has 0 fully saturated rings. The Kier molecular flexibility index (Phi) is 7.30. The Morgan fingerprint density at radius 2 is 1.74 bits per heavy atom. The van der Waals surface area contributed by atoms with Gasteiger partial charge in [0.1, 0.15) is 22.9 Å². The number of hydrogen-bond acceptors (Lipinski definition) is 6. The highest BCUT2D eigenvalue weighted by atomic mass is 16.3. The molecule has 0 radical (unpaired) electrons. The molecule has 0 amide bonds. The van der Waals surface area contributed by atoms with Gasteiger partial charge < -0.3 is 19.6 Å². The lowest BCUT2D eigenvalue weighted by atomic mass is 9.89. The topological polar surface area (TPSA) is 96.6 Å². The molecular weight excluding hydrogens is 442 g/mol. The molecule has 0 unspecified atom stereocenters. The van der Waals surface area contributed by atoms with Crippen molar-refractivity contribution in [3.8, 4) is 28.2 Å². The third kappa shape index (κ3) is 5.43. The van der Waals surface area contributed by atoms with E-state index in [0.29, 0.717) is 29.7 Å². The fourth-order valence-electron chi connectivity index (χ4n) is 4.35. The SMILES string of the molecule is CCC(=O)c1cc(NCCCCCC(C)=O)ccc1-c1c2ccc(=O)cc-2oc2cc(O)ccc12. The molecule has 35 heavy (non-hydrogen) atoms. The number of phenols is 1. The molecule has 180 valence electrons. The average Bonchev–Trinajstić information content (AvgIpc) is 2.83. The van der Waals surface area contributed by atoms with Gasteiger partial charge >= 0.3 is 0 Å². The van der Waals surface area contributed by atoms with Gasteiger partial charge in [-0.3, -0.25) is 9.59 Å². The van der Waals surface area contributed by atoms with Crippen LogP contribution in [0.5, 0.6) is 5.75 Å². The van der Waals surface area contributed by atoms with E-state index in [1.807, 2.05) is 25.1 Å². The van der Waals surface area contributed by atoms with Crippen LogP contribution in [0.25, 0.3) is 33.4 Å². The molecule has 0 atom stereocenters. The minimum atomic E-state index is -0.181. The van der Waals surface area contributed by atoms with Crippen molar-refractivity contribution in [3.63, 3.8) is 0 Å². The van der Waals surface area contributed by atoms with E-state index in [1.165, 1.54) is 18.2 Å². The second-order valence-corrected chi connectivity index (χ2v) is 8.79. The lowest BCUT2D eigenvalue weighted by Crippen LogP contribution is -2.06. The summed E-state index contributed by atoms with van der Waals surface area (Å²) in [5.41, 5.74) is 3.94. The van der Waals surface area contributed by atoms with Crippen LogP contribution in [0.2, 0.25) is 0 Å². The van der Waals surface area contributed by atoms with Gasteiger partial charge in [-0.15, -0.1) is 0 Å². The molecule has 2 N–H and O–H groups in total. The van der Waals surface area contributed by atoms with Crippen molar-refractivity contribution in [1.29, 1.82) is 0 Å². The first-order valence-electron chi connectivity index (χ1n) is 12.0. The van der Waals surface area contributed by atoms with E-state index < -0.39 is 0 Å². The lowest BCUT2D eigenvalue weighted by Gasteiger charge is -2.18. The summed E-state index contributed by atoms with van der Waals surface area (Å²) in [4.78, 5) is 36.1. The summed E-state index contributed by atoms with van der Waals surface area (Å²) in [7, 11) is 0. The molecule has 0 aromatic heterocycles. The zero-order valence-corrected chi connectivity index (χ0v) is 20.0. The van der Waals surface area contributed by atoms with Crippen LogP contribution in [0.15, 0.2) is 63.8 Å². The summed E-state index contributed by atoms with van der Waals surface area (Å²) in [6.07, 6.45) is 3.74. The summed E-state index contributed by atoms with van der Waals surface area (Å²) in [6, 6.07) is 15.2. The van der Waals surface area contributed by atoms with Crippen LogP contribution in [0.3, 0.4) is 0 Å². The highest BCUT2D eigenvalue weighted by Crippen LogP contribution is 2.42. The Bertz CT molecular complexity index is 1420. The summed E-state index contributed by atoms with van der Waals surface area (Å²) in [5, 5.41) is 14.1. The van der Waals surface area contributed by atoms with Crippen molar-refractivity contribution in [2.75, 3.05) is 11.9 Å². The minimum absolute atomic E-state index is 0.00595. The van der Waals surface area contributed by atoms with Gasteiger partial charge in [0.05, 0.1) is 0 Å². The van der Waals surface area contributed by atoms with Gasteiger partial charge in [-0.2, -0.15) is 0 Å². The second-order valence-electron chi connectivity index (χ2n) is 8.79. The quantitative estimate of drug-likeness (QED) is 0.157. The Balaban J connectivity index is 1.76. The van der Waals surface area contributed by atoms with Gasteiger partial charge in [-0.1, -0.05) is 19.4 Å². The van der Waals surface area contributed by atoms with Gasteiger partial charge in [0, 0.05) is 59.3 Å². The highest BCUT2D eigenvalue weighted by Gasteiger charge is 2.22. The molecule has 2 aromatic carbocycles. The number of carbonyl (C=O) groups excluding carboxylic acids is 2. The van der Waals surface area contributed by atoms with Crippen molar-refractivity contribution in [1.82, 2.24) is 0 Å². The maximum atomic E-state index is 13.0. The van der Waals surface area contributed by atoms with Gasteiger partial charge in [0.2, 0.25) is 0 Å². The molecule has 6 nitrogen and oxygen atoms in total. The van der Waals surface area contributed by atoms with Crippen LogP contribution < -0.4 is 10.7 Å². The van der Waals surface area contributed by atoms with Crippen LogP contribution in [-0.4, -0.2) is 23.2 Å². The van der Waals surface area contributed by atoms with Gasteiger partial charge in [-0.05, 0) is 61.7 Å².